The largest absolute Gasteiger partial charge is 0.379 e. The Labute approximate surface area is 83.0 Å². The second-order valence-electron chi connectivity index (χ2n) is 2.38. The molecule has 0 atom stereocenters. The molecule has 3 nitrogen and oxygen atoms in total. The monoisotopic (exact) mass is 213 g/mol. The summed E-state index contributed by atoms with van der Waals surface area (Å²) in [5, 5.41) is 0.637. The highest BCUT2D eigenvalue weighted by atomic mass is 35.5. The highest BCUT2D eigenvalue weighted by molar-refractivity contribution is 7.71. The molecule has 0 aromatic heterocycles. The lowest BCUT2D eigenvalue weighted by Gasteiger charge is -1.96. The van der Waals surface area contributed by atoms with Gasteiger partial charge in [0, 0.05) is 21.7 Å². The maximum atomic E-state index is 11.1. The number of hydrogen-bond donors (Lipinski definition) is 0. The number of hydrogen-bond acceptors (Lipinski definition) is 3. The van der Waals surface area contributed by atoms with Gasteiger partial charge in [0.1, 0.15) is 4.86 Å². The van der Waals surface area contributed by atoms with E-state index in [9.17, 15) is 4.79 Å². The van der Waals surface area contributed by atoms with Crippen LogP contribution in [0.3, 0.4) is 0 Å². The van der Waals surface area contributed by atoms with Crippen LogP contribution in [0.5, 0.6) is 0 Å². The molecule has 13 heavy (non-hydrogen) atoms. The SMILES string of the molecule is O=C1ON=S=C1c1ccc(Cl)cc1. The zero-order chi connectivity index (χ0) is 9.26. The quantitative estimate of drug-likeness (QED) is 0.665. The Morgan fingerprint density at radius 1 is 1.31 bits per heavy atom. The second-order valence-corrected chi connectivity index (χ2v) is 3.56. The van der Waals surface area contributed by atoms with E-state index in [-0.39, 0.29) is 0 Å². The smallest absolute Gasteiger partial charge is 0.301 e. The van der Waals surface area contributed by atoms with Crippen molar-refractivity contribution in [3.63, 3.8) is 0 Å². The number of nitrogens with zero attached hydrogens (tertiary/aromatic N) is 1. The summed E-state index contributed by atoms with van der Waals surface area (Å²) in [5.74, 6) is -0.410. The van der Waals surface area contributed by atoms with E-state index in [1.807, 2.05) is 0 Å². The van der Waals surface area contributed by atoms with Gasteiger partial charge in [-0.2, -0.15) is 0 Å². The first kappa shape index (κ1) is 8.47. The first-order valence-electron chi connectivity index (χ1n) is 3.49. The highest BCUT2D eigenvalue weighted by Gasteiger charge is 2.18. The maximum absolute atomic E-state index is 11.1. The molecule has 2 rings (SSSR count). The van der Waals surface area contributed by atoms with Crippen molar-refractivity contribution in [3.8, 4) is 0 Å². The van der Waals surface area contributed by atoms with Gasteiger partial charge in [-0.05, 0) is 16.7 Å². The minimum Gasteiger partial charge on any atom is -0.301 e. The molecule has 0 N–H and O–H groups in total. The summed E-state index contributed by atoms with van der Waals surface area (Å²) >= 11 is 6.74. The average Bonchev–Trinajstić information content (AvgIpc) is 2.53. The van der Waals surface area contributed by atoms with Gasteiger partial charge in [0.25, 0.3) is 0 Å². The molecule has 1 aliphatic rings. The first-order valence-corrected chi connectivity index (χ1v) is 4.64. The minimum absolute atomic E-state index is 0.410. The summed E-state index contributed by atoms with van der Waals surface area (Å²) < 4.78 is 3.44. The van der Waals surface area contributed by atoms with Gasteiger partial charge >= 0.3 is 5.97 Å². The van der Waals surface area contributed by atoms with Crippen LogP contribution in [0.25, 0.3) is 0 Å². The van der Waals surface area contributed by atoms with Gasteiger partial charge in [-0.3, -0.25) is 0 Å². The first-order chi connectivity index (χ1) is 6.27. The lowest BCUT2D eigenvalue weighted by Crippen LogP contribution is -2.11. The van der Waals surface area contributed by atoms with Crippen LogP contribution >= 0.6 is 11.6 Å². The van der Waals surface area contributed by atoms with E-state index in [0.29, 0.717) is 9.89 Å². The van der Waals surface area contributed by atoms with Crippen molar-refractivity contribution < 1.29 is 9.63 Å². The van der Waals surface area contributed by atoms with E-state index in [4.69, 9.17) is 11.6 Å². The molecule has 66 valence electrons. The third kappa shape index (κ3) is 1.64. The van der Waals surface area contributed by atoms with Crippen LogP contribution in [-0.4, -0.2) is 10.8 Å². The fraction of sp³-hybridized carbons (Fsp3) is 0. The number of carbonyl (C=O) groups is 1. The molecule has 0 fully saturated rings. The fourth-order valence-electron chi connectivity index (χ4n) is 0.940. The van der Waals surface area contributed by atoms with Gasteiger partial charge in [-0.15, -0.1) is 0 Å². The molecule has 0 spiro atoms. The normalized spacial score (nSPS) is 14.8. The molecule has 0 bridgehead atoms. The Balaban J connectivity index is 2.42. The fourth-order valence-corrected chi connectivity index (χ4v) is 1.60. The van der Waals surface area contributed by atoms with Crippen molar-refractivity contribution in [1.29, 1.82) is 0 Å². The van der Waals surface area contributed by atoms with Crippen molar-refractivity contribution in [1.82, 2.24) is 0 Å². The number of benzene rings is 1. The van der Waals surface area contributed by atoms with E-state index < -0.39 is 5.97 Å². The highest BCUT2D eigenvalue weighted by Crippen LogP contribution is 2.11. The summed E-state index contributed by atoms with van der Waals surface area (Å²) in [5.41, 5.74) is 0.778. The average molecular weight is 214 g/mol. The number of halogens is 1. The van der Waals surface area contributed by atoms with Gasteiger partial charge < -0.3 is 4.84 Å². The minimum atomic E-state index is -0.410. The van der Waals surface area contributed by atoms with Crippen molar-refractivity contribution in [2.45, 2.75) is 0 Å². The van der Waals surface area contributed by atoms with Crippen LogP contribution in [0.1, 0.15) is 5.56 Å². The van der Waals surface area contributed by atoms with E-state index in [0.717, 1.165) is 16.7 Å². The molecule has 1 aromatic carbocycles. The van der Waals surface area contributed by atoms with Crippen LogP contribution in [0.15, 0.2) is 28.8 Å². The standard InChI is InChI=1S/C8H4ClNO2S/c9-6-3-1-5(2-4-6)7-8(11)12-10-13-7/h1-4H. The Hall–Kier alpha value is -1.13. The zero-order valence-electron chi connectivity index (χ0n) is 6.36. The van der Waals surface area contributed by atoms with Crippen molar-refractivity contribution in [2.24, 2.45) is 4.53 Å². The predicted octanol–water partition coefficient (Wildman–Crippen LogP) is 1.60. The Morgan fingerprint density at radius 2 is 2.00 bits per heavy atom. The van der Waals surface area contributed by atoms with Crippen LogP contribution in [-0.2, 0) is 20.8 Å². The van der Waals surface area contributed by atoms with Crippen LogP contribution < -0.4 is 0 Å². The summed E-state index contributed by atoms with van der Waals surface area (Å²) in [4.78, 5) is 16.0. The summed E-state index contributed by atoms with van der Waals surface area (Å²) in [7, 11) is 0. The molecule has 0 unspecified atom stereocenters. The number of carbonyl (C=O) groups excluding carboxylic acids is 1. The lowest BCUT2D eigenvalue weighted by atomic mass is 10.1. The van der Waals surface area contributed by atoms with Crippen LogP contribution in [0.4, 0.5) is 0 Å². The molecule has 0 saturated carbocycles. The van der Waals surface area contributed by atoms with Crippen molar-refractivity contribution >= 4 is 33.6 Å². The van der Waals surface area contributed by atoms with Crippen LogP contribution in [0.2, 0.25) is 5.02 Å². The molecule has 0 amide bonds. The van der Waals surface area contributed by atoms with Gasteiger partial charge in [0.2, 0.25) is 0 Å². The van der Waals surface area contributed by atoms with E-state index in [1.54, 1.807) is 24.3 Å². The Bertz CT molecular complexity index is 420. The van der Waals surface area contributed by atoms with Gasteiger partial charge in [-0.1, -0.05) is 23.7 Å². The van der Waals surface area contributed by atoms with Gasteiger partial charge in [-0.25, -0.2) is 4.79 Å². The van der Waals surface area contributed by atoms with Crippen molar-refractivity contribution in [3.05, 3.63) is 34.9 Å². The summed E-state index contributed by atoms with van der Waals surface area (Å²) in [6.45, 7) is 0. The second kappa shape index (κ2) is 3.32. The van der Waals surface area contributed by atoms with E-state index >= 15 is 0 Å². The lowest BCUT2D eigenvalue weighted by molar-refractivity contribution is -0.134. The molecule has 1 aromatic rings. The van der Waals surface area contributed by atoms with E-state index in [2.05, 4.69) is 9.36 Å². The molecule has 5 heteroatoms. The topological polar surface area (TPSA) is 38.7 Å². The van der Waals surface area contributed by atoms with Gasteiger partial charge in [0.05, 0.1) is 0 Å². The zero-order valence-corrected chi connectivity index (χ0v) is 7.93. The predicted molar refractivity (Wildman–Crippen MR) is 51.4 cm³/mol. The maximum Gasteiger partial charge on any atom is 0.379 e. The third-order valence-corrected chi connectivity index (χ3v) is 2.53. The number of rotatable bonds is 1. The molecule has 1 heterocycles. The third-order valence-electron chi connectivity index (χ3n) is 1.54. The molecule has 0 saturated heterocycles. The summed E-state index contributed by atoms with van der Waals surface area (Å²) in [6.07, 6.45) is 0. The van der Waals surface area contributed by atoms with Gasteiger partial charge in [0.15, 0.2) is 0 Å². The Kier molecular flexibility index (Phi) is 2.16. The molecule has 0 radical (unpaired) electrons. The molecular weight excluding hydrogens is 210 g/mol. The summed E-state index contributed by atoms with van der Waals surface area (Å²) in [6, 6.07) is 6.95. The van der Waals surface area contributed by atoms with Crippen molar-refractivity contribution in [2.75, 3.05) is 0 Å². The molecule has 1 aliphatic heterocycles. The molecule has 0 aliphatic carbocycles. The van der Waals surface area contributed by atoms with Crippen LogP contribution in [0, 0.1) is 0 Å². The Morgan fingerprint density at radius 3 is 2.54 bits per heavy atom. The molecular formula is C8H4ClNO2S. The van der Waals surface area contributed by atoms with E-state index in [1.165, 1.54) is 0 Å².